The van der Waals surface area contributed by atoms with Gasteiger partial charge in [-0.25, -0.2) is 0 Å². The number of benzene rings is 1. The summed E-state index contributed by atoms with van der Waals surface area (Å²) < 4.78 is 0. The lowest BCUT2D eigenvalue weighted by atomic mass is 10.1. The van der Waals surface area contributed by atoms with E-state index in [2.05, 4.69) is 5.32 Å². The molecule has 2 N–H and O–H groups in total. The van der Waals surface area contributed by atoms with Crippen LogP contribution in [0.15, 0.2) is 42.6 Å². The highest BCUT2D eigenvalue weighted by Gasteiger charge is 1.97. The van der Waals surface area contributed by atoms with Gasteiger partial charge in [0.15, 0.2) is 0 Å². The third-order valence-corrected chi connectivity index (χ3v) is 1.92. The van der Waals surface area contributed by atoms with Gasteiger partial charge >= 0.3 is 0 Å². The number of carbonyl (C=O) groups is 1. The molecule has 1 aromatic carbocycles. The lowest BCUT2D eigenvalue weighted by Gasteiger charge is -2.02. The van der Waals surface area contributed by atoms with E-state index in [9.17, 15) is 9.90 Å². The van der Waals surface area contributed by atoms with E-state index in [4.69, 9.17) is 0 Å². The SMILES string of the molecule is C/C=C(\C=C/NC=O)c1cccc(O)c1. The Morgan fingerprint density at radius 1 is 1.47 bits per heavy atom. The fourth-order valence-corrected chi connectivity index (χ4v) is 1.22. The molecule has 3 heteroatoms. The number of phenolic OH excluding ortho intramolecular Hbond substituents is 1. The predicted molar refractivity (Wildman–Crippen MR) is 60.1 cm³/mol. The minimum atomic E-state index is 0.226. The van der Waals surface area contributed by atoms with Crippen molar-refractivity contribution >= 4 is 12.0 Å². The number of hydrogen-bond donors (Lipinski definition) is 2. The Morgan fingerprint density at radius 3 is 2.87 bits per heavy atom. The molecule has 0 saturated carbocycles. The zero-order valence-electron chi connectivity index (χ0n) is 8.47. The predicted octanol–water partition coefficient (Wildman–Crippen LogP) is 2.06. The number of aromatic hydroxyl groups is 1. The van der Waals surface area contributed by atoms with Crippen molar-refractivity contribution in [3.8, 4) is 5.75 Å². The molecule has 1 aromatic rings. The van der Waals surface area contributed by atoms with Gasteiger partial charge in [0.1, 0.15) is 5.75 Å². The third-order valence-electron chi connectivity index (χ3n) is 1.92. The van der Waals surface area contributed by atoms with E-state index in [1.54, 1.807) is 30.5 Å². The van der Waals surface area contributed by atoms with Gasteiger partial charge in [-0.1, -0.05) is 18.2 Å². The van der Waals surface area contributed by atoms with Gasteiger partial charge < -0.3 is 10.4 Å². The summed E-state index contributed by atoms with van der Waals surface area (Å²) in [6.07, 6.45) is 5.82. The molecule has 0 bridgehead atoms. The van der Waals surface area contributed by atoms with Crippen LogP contribution < -0.4 is 5.32 Å². The molecule has 0 spiro atoms. The zero-order valence-corrected chi connectivity index (χ0v) is 8.47. The van der Waals surface area contributed by atoms with E-state index >= 15 is 0 Å². The minimum absolute atomic E-state index is 0.226. The first-order valence-electron chi connectivity index (χ1n) is 4.60. The van der Waals surface area contributed by atoms with E-state index in [0.717, 1.165) is 11.1 Å². The van der Waals surface area contributed by atoms with Crippen LogP contribution in [0.4, 0.5) is 0 Å². The number of hydrogen-bond acceptors (Lipinski definition) is 2. The highest BCUT2D eigenvalue weighted by molar-refractivity contribution is 5.74. The van der Waals surface area contributed by atoms with Crippen LogP contribution in [0, 0.1) is 0 Å². The summed E-state index contributed by atoms with van der Waals surface area (Å²) in [5.41, 5.74) is 1.83. The van der Waals surface area contributed by atoms with Crippen molar-refractivity contribution in [1.29, 1.82) is 0 Å². The van der Waals surface area contributed by atoms with Crippen LogP contribution in [0.1, 0.15) is 12.5 Å². The second-order valence-corrected chi connectivity index (χ2v) is 2.91. The lowest BCUT2D eigenvalue weighted by molar-refractivity contribution is -0.108. The summed E-state index contributed by atoms with van der Waals surface area (Å²) in [6, 6.07) is 6.94. The largest absolute Gasteiger partial charge is 0.508 e. The summed E-state index contributed by atoms with van der Waals surface area (Å²) in [4.78, 5) is 10.0. The Balaban J connectivity index is 2.89. The van der Waals surface area contributed by atoms with Gasteiger partial charge in [0.25, 0.3) is 0 Å². The van der Waals surface area contributed by atoms with E-state index in [1.807, 2.05) is 19.1 Å². The fourth-order valence-electron chi connectivity index (χ4n) is 1.22. The second-order valence-electron chi connectivity index (χ2n) is 2.91. The Kier molecular flexibility index (Phi) is 4.16. The molecule has 0 saturated heterocycles. The summed E-state index contributed by atoms with van der Waals surface area (Å²) in [5.74, 6) is 0.226. The summed E-state index contributed by atoms with van der Waals surface area (Å²) in [7, 11) is 0. The zero-order chi connectivity index (χ0) is 11.1. The molecule has 0 unspecified atom stereocenters. The van der Waals surface area contributed by atoms with Crippen LogP contribution in [-0.2, 0) is 4.79 Å². The molecule has 3 nitrogen and oxygen atoms in total. The average Bonchev–Trinajstić information content (AvgIpc) is 2.24. The molecule has 0 aromatic heterocycles. The lowest BCUT2D eigenvalue weighted by Crippen LogP contribution is -1.98. The molecule has 0 fully saturated rings. The highest BCUT2D eigenvalue weighted by Crippen LogP contribution is 2.19. The molecule has 78 valence electrons. The van der Waals surface area contributed by atoms with E-state index in [1.165, 1.54) is 0 Å². The van der Waals surface area contributed by atoms with Crippen LogP contribution in [0.3, 0.4) is 0 Å². The molecule has 0 atom stereocenters. The molecule has 1 rings (SSSR count). The Morgan fingerprint density at radius 2 is 2.27 bits per heavy atom. The maximum atomic E-state index is 10.0. The summed E-state index contributed by atoms with van der Waals surface area (Å²) >= 11 is 0. The summed E-state index contributed by atoms with van der Waals surface area (Å²) in [5, 5.41) is 11.7. The molecule has 0 aliphatic heterocycles. The van der Waals surface area contributed by atoms with Gasteiger partial charge in [-0.05, 0) is 36.3 Å². The number of rotatable bonds is 4. The highest BCUT2D eigenvalue weighted by atomic mass is 16.3. The summed E-state index contributed by atoms with van der Waals surface area (Å²) in [6.45, 7) is 1.89. The normalized spacial score (nSPS) is 11.7. The number of nitrogens with one attached hydrogen (secondary N) is 1. The van der Waals surface area contributed by atoms with Gasteiger partial charge in [0, 0.05) is 6.20 Å². The Labute approximate surface area is 88.7 Å². The smallest absolute Gasteiger partial charge is 0.211 e. The third kappa shape index (κ3) is 3.31. The topological polar surface area (TPSA) is 49.3 Å². The molecule has 0 heterocycles. The van der Waals surface area contributed by atoms with Gasteiger partial charge in [0.2, 0.25) is 6.41 Å². The Bertz CT molecular complexity index is 394. The van der Waals surface area contributed by atoms with Crippen molar-refractivity contribution in [3.63, 3.8) is 0 Å². The van der Waals surface area contributed by atoms with Crippen molar-refractivity contribution in [1.82, 2.24) is 5.32 Å². The maximum absolute atomic E-state index is 10.0. The second kappa shape index (κ2) is 5.65. The standard InChI is InChI=1S/C12H13NO2/c1-2-10(6-7-13-9-14)11-4-3-5-12(15)8-11/h2-9,15H,1H3,(H,13,14)/b7-6-,10-2+. The van der Waals surface area contributed by atoms with Crippen LogP contribution in [0.2, 0.25) is 0 Å². The molecular formula is C12H13NO2. The molecule has 1 amide bonds. The van der Waals surface area contributed by atoms with Crippen molar-refractivity contribution in [2.75, 3.05) is 0 Å². The van der Waals surface area contributed by atoms with Crippen LogP contribution in [-0.4, -0.2) is 11.5 Å². The molecule has 0 aliphatic carbocycles. The quantitative estimate of drug-likeness (QED) is 0.581. The van der Waals surface area contributed by atoms with Gasteiger partial charge in [-0.3, -0.25) is 4.79 Å². The van der Waals surface area contributed by atoms with Gasteiger partial charge in [0.05, 0.1) is 0 Å². The first-order chi connectivity index (χ1) is 7.27. The monoisotopic (exact) mass is 203 g/mol. The maximum Gasteiger partial charge on any atom is 0.211 e. The van der Waals surface area contributed by atoms with Crippen LogP contribution in [0.5, 0.6) is 5.75 Å². The van der Waals surface area contributed by atoms with E-state index in [-0.39, 0.29) is 5.75 Å². The van der Waals surface area contributed by atoms with Gasteiger partial charge in [-0.2, -0.15) is 0 Å². The van der Waals surface area contributed by atoms with Crippen molar-refractivity contribution < 1.29 is 9.90 Å². The fraction of sp³-hybridized carbons (Fsp3) is 0.0833. The van der Waals surface area contributed by atoms with Crippen molar-refractivity contribution in [2.45, 2.75) is 6.92 Å². The van der Waals surface area contributed by atoms with Crippen molar-refractivity contribution in [2.24, 2.45) is 0 Å². The number of amides is 1. The van der Waals surface area contributed by atoms with E-state index < -0.39 is 0 Å². The number of allylic oxidation sites excluding steroid dienone is 3. The van der Waals surface area contributed by atoms with Gasteiger partial charge in [-0.15, -0.1) is 0 Å². The number of phenols is 1. The minimum Gasteiger partial charge on any atom is -0.508 e. The van der Waals surface area contributed by atoms with Crippen LogP contribution in [0.25, 0.3) is 5.57 Å². The first kappa shape index (κ1) is 11.0. The molecule has 15 heavy (non-hydrogen) atoms. The molecular weight excluding hydrogens is 190 g/mol. The van der Waals surface area contributed by atoms with Crippen molar-refractivity contribution in [3.05, 3.63) is 48.2 Å². The molecule has 0 aliphatic rings. The van der Waals surface area contributed by atoms with E-state index in [0.29, 0.717) is 6.41 Å². The first-order valence-corrected chi connectivity index (χ1v) is 4.60. The van der Waals surface area contributed by atoms with Crippen LogP contribution >= 0.6 is 0 Å². The average molecular weight is 203 g/mol. The Hall–Kier alpha value is -2.03. The molecule has 0 radical (unpaired) electrons. The number of carbonyl (C=O) groups excluding carboxylic acids is 1.